The van der Waals surface area contributed by atoms with Gasteiger partial charge < -0.3 is 14.4 Å². The topological polar surface area (TPSA) is 34.1 Å². The van der Waals surface area contributed by atoms with Crippen molar-refractivity contribution < 1.29 is 9.47 Å². The minimum Gasteiger partial charge on any atom is -0.351 e. The van der Waals surface area contributed by atoms with Crippen molar-refractivity contribution in [3.63, 3.8) is 0 Å². The summed E-state index contributed by atoms with van der Waals surface area (Å²) in [6.07, 6.45) is 1.64. The standard InChI is InChI=1S/C21H26N2O2S/c1-4-23-17-9-7-8-10-19(17)26-20-13-16(11-12-18(20)23)14-22-15-21(24-5-2)25-6-3/h7-14,21H,4-6,15H2,1-3H3. The van der Waals surface area contributed by atoms with Crippen LogP contribution < -0.4 is 4.90 Å². The monoisotopic (exact) mass is 370 g/mol. The van der Waals surface area contributed by atoms with Crippen molar-refractivity contribution in [1.82, 2.24) is 0 Å². The molecule has 0 unspecified atom stereocenters. The summed E-state index contributed by atoms with van der Waals surface area (Å²) in [5.41, 5.74) is 3.64. The van der Waals surface area contributed by atoms with Crippen molar-refractivity contribution in [3.8, 4) is 0 Å². The molecule has 138 valence electrons. The smallest absolute Gasteiger partial charge is 0.176 e. The van der Waals surface area contributed by atoms with Crippen LogP contribution in [0.1, 0.15) is 26.3 Å². The second kappa shape index (κ2) is 9.21. The summed E-state index contributed by atoms with van der Waals surface area (Å²) >= 11 is 1.82. The SMILES string of the molecule is CCOC(CN=Cc1ccc2c(c1)Sc1ccccc1N2CC)OCC. The number of ether oxygens (including phenoxy) is 2. The van der Waals surface area contributed by atoms with Crippen molar-refractivity contribution in [3.05, 3.63) is 48.0 Å². The molecule has 0 aromatic heterocycles. The van der Waals surface area contributed by atoms with E-state index in [0.717, 1.165) is 12.1 Å². The molecular weight excluding hydrogens is 344 g/mol. The Bertz CT molecular complexity index is 757. The minimum atomic E-state index is -0.268. The fraction of sp³-hybridized carbons (Fsp3) is 0.381. The van der Waals surface area contributed by atoms with E-state index >= 15 is 0 Å². The Morgan fingerprint density at radius 3 is 2.46 bits per heavy atom. The molecule has 2 aromatic rings. The fourth-order valence-electron chi connectivity index (χ4n) is 3.04. The van der Waals surface area contributed by atoms with E-state index in [-0.39, 0.29) is 6.29 Å². The van der Waals surface area contributed by atoms with E-state index in [9.17, 15) is 0 Å². The normalized spacial score (nSPS) is 13.3. The van der Waals surface area contributed by atoms with E-state index in [2.05, 4.69) is 59.3 Å². The van der Waals surface area contributed by atoms with E-state index in [0.29, 0.717) is 19.8 Å². The number of hydrogen-bond donors (Lipinski definition) is 0. The second-order valence-electron chi connectivity index (χ2n) is 5.88. The highest BCUT2D eigenvalue weighted by Crippen LogP contribution is 2.47. The summed E-state index contributed by atoms with van der Waals surface area (Å²) in [5, 5.41) is 0. The molecule has 0 spiro atoms. The largest absolute Gasteiger partial charge is 0.351 e. The van der Waals surface area contributed by atoms with Crippen molar-refractivity contribution in [2.75, 3.05) is 31.2 Å². The van der Waals surface area contributed by atoms with Crippen molar-refractivity contribution in [2.24, 2.45) is 4.99 Å². The first-order chi connectivity index (χ1) is 12.8. The molecular formula is C21H26N2O2S. The first kappa shape index (κ1) is 19.0. The molecule has 0 aliphatic carbocycles. The molecule has 0 saturated heterocycles. The summed E-state index contributed by atoms with van der Waals surface area (Å²) in [6, 6.07) is 15.1. The Morgan fingerprint density at radius 1 is 1.00 bits per heavy atom. The number of anilines is 2. The van der Waals surface area contributed by atoms with Gasteiger partial charge in [0.1, 0.15) is 0 Å². The van der Waals surface area contributed by atoms with Gasteiger partial charge in [0.2, 0.25) is 0 Å². The lowest BCUT2D eigenvalue weighted by atomic mass is 10.1. The van der Waals surface area contributed by atoms with Gasteiger partial charge in [0.25, 0.3) is 0 Å². The molecule has 0 atom stereocenters. The first-order valence-electron chi connectivity index (χ1n) is 9.18. The Hall–Kier alpha value is -1.82. The molecule has 0 bridgehead atoms. The lowest BCUT2D eigenvalue weighted by Gasteiger charge is -2.32. The second-order valence-corrected chi connectivity index (χ2v) is 6.96. The summed E-state index contributed by atoms with van der Waals surface area (Å²) in [4.78, 5) is 9.44. The van der Waals surface area contributed by atoms with Gasteiger partial charge in [0, 0.05) is 35.8 Å². The maximum atomic E-state index is 5.53. The average Bonchev–Trinajstić information content (AvgIpc) is 2.66. The zero-order chi connectivity index (χ0) is 18.4. The third-order valence-electron chi connectivity index (χ3n) is 4.17. The van der Waals surface area contributed by atoms with Crippen LogP contribution in [0, 0.1) is 0 Å². The van der Waals surface area contributed by atoms with Crippen LogP contribution in [0.3, 0.4) is 0 Å². The summed E-state index contributed by atoms with van der Waals surface area (Å²) < 4.78 is 11.1. The predicted molar refractivity (Wildman–Crippen MR) is 109 cm³/mol. The van der Waals surface area contributed by atoms with Gasteiger partial charge >= 0.3 is 0 Å². The van der Waals surface area contributed by atoms with Crippen LogP contribution >= 0.6 is 11.8 Å². The van der Waals surface area contributed by atoms with E-state index in [1.807, 2.05) is 31.8 Å². The van der Waals surface area contributed by atoms with Crippen LogP contribution in [0.2, 0.25) is 0 Å². The Labute approximate surface area is 160 Å². The number of aliphatic imine (C=N–C) groups is 1. The number of para-hydroxylation sites is 1. The van der Waals surface area contributed by atoms with Crippen LogP contribution in [-0.4, -0.2) is 38.8 Å². The maximum absolute atomic E-state index is 5.53. The van der Waals surface area contributed by atoms with Gasteiger partial charge in [-0.2, -0.15) is 0 Å². The predicted octanol–water partition coefficient (Wildman–Crippen LogP) is 5.13. The lowest BCUT2D eigenvalue weighted by molar-refractivity contribution is -0.128. The van der Waals surface area contributed by atoms with Crippen LogP contribution in [-0.2, 0) is 9.47 Å². The van der Waals surface area contributed by atoms with Crippen LogP contribution in [0.4, 0.5) is 11.4 Å². The molecule has 5 heteroatoms. The first-order valence-corrected chi connectivity index (χ1v) is 9.99. The third kappa shape index (κ3) is 4.29. The summed E-state index contributed by atoms with van der Waals surface area (Å²) in [5.74, 6) is 0. The van der Waals surface area contributed by atoms with Crippen LogP contribution in [0.5, 0.6) is 0 Å². The minimum absolute atomic E-state index is 0.268. The Kier molecular flexibility index (Phi) is 6.72. The van der Waals surface area contributed by atoms with E-state index in [4.69, 9.17) is 9.47 Å². The number of fused-ring (bicyclic) bond motifs is 2. The zero-order valence-electron chi connectivity index (χ0n) is 15.6. The quantitative estimate of drug-likeness (QED) is 0.477. The molecule has 2 aromatic carbocycles. The molecule has 1 aliphatic heterocycles. The highest BCUT2D eigenvalue weighted by molar-refractivity contribution is 7.99. The number of benzene rings is 2. The maximum Gasteiger partial charge on any atom is 0.176 e. The molecule has 26 heavy (non-hydrogen) atoms. The van der Waals surface area contributed by atoms with Crippen LogP contribution in [0.15, 0.2) is 57.2 Å². The highest BCUT2D eigenvalue weighted by Gasteiger charge is 2.21. The molecule has 0 fully saturated rings. The van der Waals surface area contributed by atoms with Gasteiger partial charge in [-0.15, -0.1) is 0 Å². The van der Waals surface area contributed by atoms with E-state index in [1.165, 1.54) is 21.2 Å². The van der Waals surface area contributed by atoms with Gasteiger partial charge in [-0.1, -0.05) is 30.0 Å². The van der Waals surface area contributed by atoms with Gasteiger partial charge in [-0.3, -0.25) is 4.99 Å². The molecule has 0 radical (unpaired) electrons. The van der Waals surface area contributed by atoms with Crippen molar-refractivity contribution >= 4 is 29.4 Å². The van der Waals surface area contributed by atoms with Crippen LogP contribution in [0.25, 0.3) is 0 Å². The Balaban J connectivity index is 1.76. The highest BCUT2D eigenvalue weighted by atomic mass is 32.2. The lowest BCUT2D eigenvalue weighted by Crippen LogP contribution is -2.21. The summed E-state index contributed by atoms with van der Waals surface area (Å²) in [7, 11) is 0. The fourth-order valence-corrected chi connectivity index (χ4v) is 4.18. The van der Waals surface area contributed by atoms with E-state index < -0.39 is 0 Å². The molecule has 1 aliphatic rings. The van der Waals surface area contributed by atoms with Gasteiger partial charge in [-0.25, -0.2) is 0 Å². The van der Waals surface area contributed by atoms with Crippen molar-refractivity contribution in [2.45, 2.75) is 36.9 Å². The van der Waals surface area contributed by atoms with Gasteiger partial charge in [0.15, 0.2) is 6.29 Å². The molecule has 0 N–H and O–H groups in total. The third-order valence-corrected chi connectivity index (χ3v) is 5.28. The van der Waals surface area contributed by atoms with Gasteiger partial charge in [0.05, 0.1) is 17.9 Å². The van der Waals surface area contributed by atoms with E-state index in [1.54, 1.807) is 0 Å². The molecule has 1 heterocycles. The number of rotatable bonds is 8. The molecule has 0 amide bonds. The summed E-state index contributed by atoms with van der Waals surface area (Å²) in [6.45, 7) is 8.83. The zero-order valence-corrected chi connectivity index (χ0v) is 16.5. The van der Waals surface area contributed by atoms with Crippen molar-refractivity contribution in [1.29, 1.82) is 0 Å². The molecule has 3 rings (SSSR count). The Morgan fingerprint density at radius 2 is 1.73 bits per heavy atom. The molecule has 0 saturated carbocycles. The average molecular weight is 371 g/mol. The molecule has 4 nitrogen and oxygen atoms in total. The number of nitrogens with zero attached hydrogens (tertiary/aromatic N) is 2. The number of hydrogen-bond acceptors (Lipinski definition) is 5. The van der Waals surface area contributed by atoms with Gasteiger partial charge in [-0.05, 0) is 50.6 Å².